The molecule has 6 heteroatoms. The molecule has 3 heterocycles. The fourth-order valence-corrected chi connectivity index (χ4v) is 4.54. The third-order valence-corrected chi connectivity index (χ3v) is 6.18. The van der Waals surface area contributed by atoms with Crippen molar-refractivity contribution in [2.24, 2.45) is 0 Å². The van der Waals surface area contributed by atoms with E-state index in [1.807, 2.05) is 0 Å². The smallest absolute Gasteiger partial charge is 0.151 e. The van der Waals surface area contributed by atoms with Gasteiger partial charge in [0.1, 0.15) is 11.9 Å². The molecule has 1 aliphatic heterocycles. The molecule has 29 heavy (non-hydrogen) atoms. The number of aromatic nitrogens is 3. The van der Waals surface area contributed by atoms with E-state index >= 15 is 0 Å². The van der Waals surface area contributed by atoms with Gasteiger partial charge < -0.3 is 18.9 Å². The van der Waals surface area contributed by atoms with Gasteiger partial charge >= 0.3 is 0 Å². The highest BCUT2D eigenvalue weighted by Gasteiger charge is 2.24. The first-order valence-electron chi connectivity index (χ1n) is 10.7. The standard InChI is InChI=1S/C23H28N4O2/c1-28-15-14-26-13-10-19-21(26)6-3-7-22(19)29-18-8-11-27(12-9-18)23-16-17-4-2-5-20(17)24-25-23/h3,6-7,10,13,16,18H,2,4-5,8-9,11-12,14-15H2,1H3. The Morgan fingerprint density at radius 2 is 2.00 bits per heavy atom. The Bertz CT molecular complexity index is 992. The van der Waals surface area contributed by atoms with Crippen LogP contribution in [0.2, 0.25) is 0 Å². The predicted octanol–water partition coefficient (Wildman–Crippen LogP) is 3.61. The number of hydrogen-bond acceptors (Lipinski definition) is 5. The fraction of sp³-hybridized carbons (Fsp3) is 0.478. The van der Waals surface area contributed by atoms with Crippen molar-refractivity contribution in [3.63, 3.8) is 0 Å². The molecule has 0 N–H and O–H groups in total. The number of hydrogen-bond donors (Lipinski definition) is 0. The van der Waals surface area contributed by atoms with Crippen molar-refractivity contribution in [2.45, 2.75) is 44.8 Å². The van der Waals surface area contributed by atoms with Gasteiger partial charge in [0, 0.05) is 51.2 Å². The summed E-state index contributed by atoms with van der Waals surface area (Å²) in [5.41, 5.74) is 3.78. The Morgan fingerprint density at radius 3 is 2.86 bits per heavy atom. The SMILES string of the molecule is COCCn1ccc2c(OC3CCN(c4cc5c(nn4)CCC5)CC3)cccc21. The minimum absolute atomic E-state index is 0.238. The largest absolute Gasteiger partial charge is 0.490 e. The molecule has 5 rings (SSSR count). The molecule has 1 aromatic carbocycles. The van der Waals surface area contributed by atoms with Gasteiger partial charge in [0.15, 0.2) is 5.82 Å². The van der Waals surface area contributed by atoms with Crippen LogP contribution in [0.4, 0.5) is 5.82 Å². The zero-order chi connectivity index (χ0) is 19.6. The molecule has 1 fully saturated rings. The molecule has 3 aromatic rings. The van der Waals surface area contributed by atoms with Crippen LogP contribution in [0.25, 0.3) is 10.9 Å². The molecule has 0 spiro atoms. The number of piperidine rings is 1. The normalized spacial score (nSPS) is 17.1. The van der Waals surface area contributed by atoms with E-state index in [2.05, 4.69) is 56.2 Å². The Kier molecular flexibility index (Phi) is 5.10. The zero-order valence-corrected chi connectivity index (χ0v) is 17.0. The first-order chi connectivity index (χ1) is 14.3. The maximum Gasteiger partial charge on any atom is 0.151 e. The highest BCUT2D eigenvalue weighted by Crippen LogP contribution is 2.30. The number of nitrogens with zero attached hydrogens (tertiary/aromatic N) is 4. The lowest BCUT2D eigenvalue weighted by atomic mass is 10.1. The molecule has 6 nitrogen and oxygen atoms in total. The van der Waals surface area contributed by atoms with E-state index in [1.165, 1.54) is 28.6 Å². The number of rotatable bonds is 6. The summed E-state index contributed by atoms with van der Waals surface area (Å²) in [6.07, 6.45) is 7.79. The summed E-state index contributed by atoms with van der Waals surface area (Å²) in [6.45, 7) is 3.48. The Hall–Kier alpha value is -2.60. The molecule has 152 valence electrons. The third kappa shape index (κ3) is 3.69. The van der Waals surface area contributed by atoms with Gasteiger partial charge in [0.25, 0.3) is 0 Å². The second-order valence-corrected chi connectivity index (χ2v) is 8.02. The Balaban J connectivity index is 1.24. The van der Waals surface area contributed by atoms with Crippen molar-refractivity contribution in [1.29, 1.82) is 0 Å². The molecule has 0 unspecified atom stereocenters. The number of fused-ring (bicyclic) bond motifs is 2. The van der Waals surface area contributed by atoms with E-state index in [1.54, 1.807) is 7.11 Å². The van der Waals surface area contributed by atoms with Crippen LogP contribution in [0.15, 0.2) is 36.5 Å². The molecule has 0 amide bonds. The molecule has 0 bridgehead atoms. The zero-order valence-electron chi connectivity index (χ0n) is 17.0. The summed E-state index contributed by atoms with van der Waals surface area (Å²) in [4.78, 5) is 2.35. The van der Waals surface area contributed by atoms with E-state index in [0.717, 1.165) is 56.9 Å². The van der Waals surface area contributed by atoms with Gasteiger partial charge in [-0.05, 0) is 49.1 Å². The summed E-state index contributed by atoms with van der Waals surface area (Å²) < 4.78 is 13.9. The lowest BCUT2D eigenvalue weighted by Crippen LogP contribution is -2.38. The van der Waals surface area contributed by atoms with E-state index < -0.39 is 0 Å². The van der Waals surface area contributed by atoms with Gasteiger partial charge in [0.2, 0.25) is 0 Å². The minimum atomic E-state index is 0.238. The maximum absolute atomic E-state index is 6.44. The van der Waals surface area contributed by atoms with Crippen LogP contribution in [0, 0.1) is 0 Å². The van der Waals surface area contributed by atoms with Gasteiger partial charge in [-0.2, -0.15) is 5.10 Å². The number of aryl methyl sites for hydroxylation is 2. The molecular weight excluding hydrogens is 364 g/mol. The predicted molar refractivity (Wildman–Crippen MR) is 114 cm³/mol. The minimum Gasteiger partial charge on any atom is -0.490 e. The monoisotopic (exact) mass is 392 g/mol. The molecular formula is C23H28N4O2. The molecule has 0 radical (unpaired) electrons. The lowest BCUT2D eigenvalue weighted by Gasteiger charge is -2.33. The summed E-state index contributed by atoms with van der Waals surface area (Å²) in [5, 5.41) is 10.1. The van der Waals surface area contributed by atoms with Crippen molar-refractivity contribution in [3.05, 3.63) is 47.8 Å². The lowest BCUT2D eigenvalue weighted by molar-refractivity contribution is 0.173. The van der Waals surface area contributed by atoms with E-state index in [4.69, 9.17) is 9.47 Å². The highest BCUT2D eigenvalue weighted by molar-refractivity contribution is 5.86. The number of methoxy groups -OCH3 is 1. The van der Waals surface area contributed by atoms with Gasteiger partial charge in [-0.3, -0.25) is 0 Å². The molecule has 1 aliphatic carbocycles. The van der Waals surface area contributed by atoms with Crippen molar-refractivity contribution in [2.75, 3.05) is 31.7 Å². The second-order valence-electron chi connectivity index (χ2n) is 8.02. The van der Waals surface area contributed by atoms with Gasteiger partial charge in [0.05, 0.1) is 17.8 Å². The average molecular weight is 393 g/mol. The number of ether oxygens (including phenoxy) is 2. The van der Waals surface area contributed by atoms with Crippen LogP contribution in [0.3, 0.4) is 0 Å². The van der Waals surface area contributed by atoms with Crippen LogP contribution in [0.5, 0.6) is 5.75 Å². The van der Waals surface area contributed by atoms with Crippen LogP contribution < -0.4 is 9.64 Å². The number of benzene rings is 1. The van der Waals surface area contributed by atoms with Crippen LogP contribution in [-0.4, -0.2) is 47.7 Å². The summed E-state index contributed by atoms with van der Waals surface area (Å²) in [6, 6.07) is 10.7. The summed E-state index contributed by atoms with van der Waals surface area (Å²) in [7, 11) is 1.74. The Labute approximate surface area is 171 Å². The van der Waals surface area contributed by atoms with Crippen LogP contribution >= 0.6 is 0 Å². The highest BCUT2D eigenvalue weighted by atomic mass is 16.5. The topological polar surface area (TPSA) is 52.4 Å². The van der Waals surface area contributed by atoms with Crippen molar-refractivity contribution >= 4 is 16.7 Å². The van der Waals surface area contributed by atoms with Gasteiger partial charge in [-0.15, -0.1) is 5.10 Å². The van der Waals surface area contributed by atoms with Crippen LogP contribution in [-0.2, 0) is 24.1 Å². The molecule has 0 saturated carbocycles. The average Bonchev–Trinajstić information content (AvgIpc) is 3.40. The fourth-order valence-electron chi connectivity index (χ4n) is 4.54. The molecule has 0 atom stereocenters. The maximum atomic E-state index is 6.44. The third-order valence-electron chi connectivity index (χ3n) is 6.18. The molecule has 2 aliphatic rings. The van der Waals surface area contributed by atoms with Crippen molar-refractivity contribution < 1.29 is 9.47 Å². The van der Waals surface area contributed by atoms with Crippen molar-refractivity contribution in [3.8, 4) is 5.75 Å². The van der Waals surface area contributed by atoms with Gasteiger partial charge in [-0.1, -0.05) is 6.07 Å². The van der Waals surface area contributed by atoms with E-state index in [0.29, 0.717) is 6.61 Å². The van der Waals surface area contributed by atoms with E-state index in [9.17, 15) is 0 Å². The second kappa shape index (κ2) is 8.03. The van der Waals surface area contributed by atoms with Crippen LogP contribution in [0.1, 0.15) is 30.5 Å². The molecule has 2 aromatic heterocycles. The van der Waals surface area contributed by atoms with Crippen molar-refractivity contribution in [1.82, 2.24) is 14.8 Å². The number of anilines is 1. The summed E-state index contributed by atoms with van der Waals surface area (Å²) >= 11 is 0. The Morgan fingerprint density at radius 1 is 1.10 bits per heavy atom. The first kappa shape index (κ1) is 18.4. The van der Waals surface area contributed by atoms with E-state index in [-0.39, 0.29) is 6.10 Å². The summed E-state index contributed by atoms with van der Waals surface area (Å²) in [5.74, 6) is 2.01. The quantitative estimate of drug-likeness (QED) is 0.641. The van der Waals surface area contributed by atoms with Gasteiger partial charge in [-0.25, -0.2) is 0 Å². The molecule has 1 saturated heterocycles. The first-order valence-corrected chi connectivity index (χ1v) is 10.7.